The van der Waals surface area contributed by atoms with Gasteiger partial charge in [-0.05, 0) is 32.0 Å². The van der Waals surface area contributed by atoms with Crippen molar-refractivity contribution < 1.29 is 0 Å². The van der Waals surface area contributed by atoms with Gasteiger partial charge in [-0.25, -0.2) is 4.68 Å². The lowest BCUT2D eigenvalue weighted by molar-refractivity contribution is 0.641. The van der Waals surface area contributed by atoms with Crippen molar-refractivity contribution in [3.63, 3.8) is 0 Å². The predicted octanol–water partition coefficient (Wildman–Crippen LogP) is 1.98. The zero-order chi connectivity index (χ0) is 18.0. The summed E-state index contributed by atoms with van der Waals surface area (Å²) >= 11 is 5.97. The van der Waals surface area contributed by atoms with Crippen LogP contribution in [0.3, 0.4) is 0 Å². The molecule has 3 rings (SSSR count). The Labute approximate surface area is 149 Å². The van der Waals surface area contributed by atoms with Crippen molar-refractivity contribution in [2.75, 3.05) is 22.9 Å². The van der Waals surface area contributed by atoms with Gasteiger partial charge < -0.3 is 22.1 Å². The molecule has 1 unspecified atom stereocenters. The zero-order valence-electron chi connectivity index (χ0n) is 14.0. The fourth-order valence-electron chi connectivity index (χ4n) is 2.25. The molecule has 0 fully saturated rings. The average molecular weight is 362 g/mol. The minimum Gasteiger partial charge on any atom is -0.397 e. The molecule has 3 aromatic rings. The Bertz CT molecular complexity index is 890. The van der Waals surface area contributed by atoms with E-state index < -0.39 is 0 Å². The number of nitrogens with zero attached hydrogens (tertiary/aromatic N) is 5. The highest BCUT2D eigenvalue weighted by Gasteiger charge is 2.15. The highest BCUT2D eigenvalue weighted by atomic mass is 35.5. The Morgan fingerprint density at radius 3 is 2.80 bits per heavy atom. The maximum absolute atomic E-state index is 5.97. The second kappa shape index (κ2) is 7.08. The molecule has 25 heavy (non-hydrogen) atoms. The molecule has 10 heteroatoms. The van der Waals surface area contributed by atoms with Crippen LogP contribution >= 0.6 is 11.6 Å². The number of fused-ring (bicyclic) bond motifs is 1. The van der Waals surface area contributed by atoms with Crippen LogP contribution in [-0.2, 0) is 6.54 Å². The maximum atomic E-state index is 5.97. The van der Waals surface area contributed by atoms with E-state index >= 15 is 0 Å². The molecule has 0 saturated heterocycles. The molecule has 2 aromatic heterocycles. The van der Waals surface area contributed by atoms with E-state index in [4.69, 9.17) is 23.1 Å². The van der Waals surface area contributed by atoms with Gasteiger partial charge in [0.1, 0.15) is 0 Å². The third-order valence-corrected chi connectivity index (χ3v) is 3.85. The first-order valence-electron chi connectivity index (χ1n) is 7.90. The number of rotatable bonds is 6. The molecule has 0 radical (unpaired) electrons. The van der Waals surface area contributed by atoms with Crippen molar-refractivity contribution in [1.82, 2.24) is 25.0 Å². The minimum absolute atomic E-state index is 0.0269. The van der Waals surface area contributed by atoms with Gasteiger partial charge in [-0.1, -0.05) is 16.8 Å². The van der Waals surface area contributed by atoms with Gasteiger partial charge in [-0.2, -0.15) is 9.97 Å². The number of anilines is 4. The van der Waals surface area contributed by atoms with E-state index in [1.807, 2.05) is 19.9 Å². The van der Waals surface area contributed by atoms with Crippen LogP contribution < -0.4 is 22.1 Å². The highest BCUT2D eigenvalue weighted by Crippen LogP contribution is 2.27. The number of benzene rings is 1. The van der Waals surface area contributed by atoms with Crippen LogP contribution in [-0.4, -0.2) is 37.5 Å². The van der Waals surface area contributed by atoms with Crippen LogP contribution in [0.4, 0.5) is 23.1 Å². The first kappa shape index (κ1) is 17.2. The smallest absolute Gasteiger partial charge is 0.226 e. The van der Waals surface area contributed by atoms with Crippen LogP contribution in [0.25, 0.3) is 11.2 Å². The van der Waals surface area contributed by atoms with E-state index in [1.165, 1.54) is 0 Å². The van der Waals surface area contributed by atoms with Gasteiger partial charge in [0.25, 0.3) is 0 Å². The predicted molar refractivity (Wildman–Crippen MR) is 100 cm³/mol. The van der Waals surface area contributed by atoms with Gasteiger partial charge >= 0.3 is 0 Å². The summed E-state index contributed by atoms with van der Waals surface area (Å²) in [5.41, 5.74) is 14.1. The Hall–Kier alpha value is -2.65. The third kappa shape index (κ3) is 3.72. The number of halogens is 1. The Morgan fingerprint density at radius 1 is 1.32 bits per heavy atom. The molecule has 6 N–H and O–H groups in total. The van der Waals surface area contributed by atoms with E-state index in [-0.39, 0.29) is 6.04 Å². The number of nitrogen functional groups attached to an aromatic ring is 1. The summed E-state index contributed by atoms with van der Waals surface area (Å²) < 4.78 is 1.70. The van der Waals surface area contributed by atoms with Crippen LogP contribution in [0.2, 0.25) is 5.02 Å². The lowest BCUT2D eigenvalue weighted by atomic mass is 10.3. The summed E-state index contributed by atoms with van der Waals surface area (Å²) in [5.74, 6) is 0.977. The van der Waals surface area contributed by atoms with Crippen molar-refractivity contribution in [2.45, 2.75) is 26.4 Å². The second-order valence-electron chi connectivity index (χ2n) is 5.69. The number of aryl methyl sites for hydroxylation is 1. The standard InChI is InChI=1S/C15H20ClN9/c1-3-25-14-12(23-24-25)13(21-15(22-14)19-7-8(2)17)20-9-4-5-10(16)11(18)6-9/h4-6,8H,3,7,17-18H2,1-2H3,(H2,19,20,21,22). The van der Waals surface area contributed by atoms with E-state index in [0.29, 0.717) is 46.7 Å². The Morgan fingerprint density at radius 2 is 2.12 bits per heavy atom. The van der Waals surface area contributed by atoms with E-state index in [0.717, 1.165) is 5.69 Å². The summed E-state index contributed by atoms with van der Waals surface area (Å²) in [5, 5.41) is 15.1. The number of hydrogen-bond donors (Lipinski definition) is 4. The van der Waals surface area contributed by atoms with Gasteiger partial charge in [0.05, 0.1) is 10.7 Å². The molecular weight excluding hydrogens is 342 g/mol. The molecule has 132 valence electrons. The van der Waals surface area contributed by atoms with Crippen LogP contribution in [0.5, 0.6) is 0 Å². The van der Waals surface area contributed by atoms with Crippen molar-refractivity contribution >= 4 is 45.9 Å². The fraction of sp³-hybridized carbons (Fsp3) is 0.333. The monoisotopic (exact) mass is 361 g/mol. The maximum Gasteiger partial charge on any atom is 0.226 e. The van der Waals surface area contributed by atoms with Gasteiger partial charge in [0.2, 0.25) is 5.95 Å². The molecule has 0 aliphatic carbocycles. The minimum atomic E-state index is -0.0269. The largest absolute Gasteiger partial charge is 0.397 e. The van der Waals surface area contributed by atoms with Crippen molar-refractivity contribution in [3.8, 4) is 0 Å². The van der Waals surface area contributed by atoms with Crippen LogP contribution in [0, 0.1) is 0 Å². The Kier molecular flexibility index (Phi) is 4.86. The number of aromatic nitrogens is 5. The summed E-state index contributed by atoms with van der Waals surface area (Å²) in [6.45, 7) is 5.07. The van der Waals surface area contributed by atoms with Crippen LogP contribution in [0.15, 0.2) is 18.2 Å². The first-order chi connectivity index (χ1) is 12.0. The highest BCUT2D eigenvalue weighted by molar-refractivity contribution is 6.33. The summed E-state index contributed by atoms with van der Waals surface area (Å²) in [7, 11) is 0. The molecule has 0 aliphatic heterocycles. The molecule has 0 spiro atoms. The lowest BCUT2D eigenvalue weighted by Gasteiger charge is -2.11. The molecular formula is C15H20ClN9. The van der Waals surface area contributed by atoms with E-state index in [9.17, 15) is 0 Å². The molecule has 2 heterocycles. The SMILES string of the molecule is CCn1nnc2c(Nc3ccc(Cl)c(N)c3)nc(NCC(C)N)nc21. The molecule has 9 nitrogen and oxygen atoms in total. The Balaban J connectivity index is 2.02. The van der Waals surface area contributed by atoms with Gasteiger partial charge in [0.15, 0.2) is 17.0 Å². The number of nitrogens with two attached hydrogens (primary N) is 2. The van der Waals surface area contributed by atoms with E-state index in [2.05, 4.69) is 30.9 Å². The summed E-state index contributed by atoms with van der Waals surface area (Å²) in [6.07, 6.45) is 0. The topological polar surface area (TPSA) is 133 Å². The molecule has 0 bridgehead atoms. The van der Waals surface area contributed by atoms with Crippen molar-refractivity contribution in [2.24, 2.45) is 5.73 Å². The second-order valence-corrected chi connectivity index (χ2v) is 6.10. The van der Waals surface area contributed by atoms with Crippen molar-refractivity contribution in [3.05, 3.63) is 23.2 Å². The van der Waals surface area contributed by atoms with E-state index in [1.54, 1.807) is 16.8 Å². The van der Waals surface area contributed by atoms with Gasteiger partial charge in [-0.15, -0.1) is 5.10 Å². The molecule has 0 aliphatic rings. The van der Waals surface area contributed by atoms with Gasteiger partial charge in [0, 0.05) is 24.8 Å². The normalized spacial score (nSPS) is 12.3. The average Bonchev–Trinajstić information content (AvgIpc) is 2.99. The number of hydrogen-bond acceptors (Lipinski definition) is 8. The molecule has 1 atom stereocenters. The zero-order valence-corrected chi connectivity index (χ0v) is 14.7. The number of nitrogens with one attached hydrogen (secondary N) is 2. The molecule has 0 saturated carbocycles. The first-order valence-corrected chi connectivity index (χ1v) is 8.28. The summed E-state index contributed by atoms with van der Waals surface area (Å²) in [4.78, 5) is 8.98. The fourth-order valence-corrected chi connectivity index (χ4v) is 2.36. The van der Waals surface area contributed by atoms with Crippen molar-refractivity contribution in [1.29, 1.82) is 0 Å². The van der Waals surface area contributed by atoms with Gasteiger partial charge in [-0.3, -0.25) is 0 Å². The van der Waals surface area contributed by atoms with Crippen LogP contribution in [0.1, 0.15) is 13.8 Å². The molecule has 0 amide bonds. The summed E-state index contributed by atoms with van der Waals surface area (Å²) in [6, 6.07) is 5.23. The lowest BCUT2D eigenvalue weighted by Crippen LogP contribution is -2.26. The quantitative estimate of drug-likeness (QED) is 0.490. The molecule has 1 aromatic carbocycles. The third-order valence-electron chi connectivity index (χ3n) is 3.50.